The summed E-state index contributed by atoms with van der Waals surface area (Å²) in [6.07, 6.45) is 0. The molecule has 0 bridgehead atoms. The molecule has 1 saturated heterocycles. The molecule has 0 spiro atoms. The molecule has 2 atom stereocenters. The van der Waals surface area contributed by atoms with Crippen LogP contribution in [0.25, 0.3) is 0 Å². The van der Waals surface area contributed by atoms with Crippen molar-refractivity contribution in [1.82, 2.24) is 25.3 Å². The zero-order valence-electron chi connectivity index (χ0n) is 19.9. The highest BCUT2D eigenvalue weighted by Gasteiger charge is 2.39. The van der Waals surface area contributed by atoms with Crippen molar-refractivity contribution in [3.63, 3.8) is 0 Å². The molecule has 34 heavy (non-hydrogen) atoms. The van der Waals surface area contributed by atoms with E-state index < -0.39 is 12.0 Å². The van der Waals surface area contributed by atoms with E-state index in [4.69, 9.17) is 27.9 Å². The van der Waals surface area contributed by atoms with Gasteiger partial charge in [0.05, 0.1) is 28.3 Å². The fraction of sp³-hybridized carbons (Fsp3) is 0.522. The van der Waals surface area contributed by atoms with Gasteiger partial charge in [-0.25, -0.2) is 14.4 Å². The highest BCUT2D eigenvalue weighted by atomic mass is 35.5. The Morgan fingerprint density at radius 1 is 1.24 bits per heavy atom. The lowest BCUT2D eigenvalue weighted by atomic mass is 9.94. The Bertz CT molecular complexity index is 986. The number of ether oxygens (including phenoxy) is 1. The van der Waals surface area contributed by atoms with Gasteiger partial charge in [0.15, 0.2) is 0 Å². The summed E-state index contributed by atoms with van der Waals surface area (Å²) in [6.45, 7) is 8.40. The van der Waals surface area contributed by atoms with E-state index in [1.807, 2.05) is 13.8 Å². The van der Waals surface area contributed by atoms with Gasteiger partial charge in [0, 0.05) is 51.5 Å². The van der Waals surface area contributed by atoms with E-state index in [1.54, 1.807) is 37.1 Å². The Morgan fingerprint density at radius 3 is 2.62 bits per heavy atom. The van der Waals surface area contributed by atoms with Gasteiger partial charge in [-0.2, -0.15) is 0 Å². The molecule has 186 valence electrons. The summed E-state index contributed by atoms with van der Waals surface area (Å²) in [5.41, 5.74) is 1.36. The van der Waals surface area contributed by atoms with Gasteiger partial charge in [-0.05, 0) is 32.4 Å². The average Bonchev–Trinajstić information content (AvgIpc) is 2.79. The van der Waals surface area contributed by atoms with Gasteiger partial charge >= 0.3 is 18.0 Å². The van der Waals surface area contributed by atoms with Crippen molar-refractivity contribution >= 4 is 41.2 Å². The van der Waals surface area contributed by atoms with Crippen LogP contribution in [0.15, 0.2) is 29.5 Å². The van der Waals surface area contributed by atoms with Gasteiger partial charge in [-0.15, -0.1) is 0 Å². The quantitative estimate of drug-likeness (QED) is 0.571. The van der Waals surface area contributed by atoms with E-state index in [0.29, 0.717) is 54.6 Å². The summed E-state index contributed by atoms with van der Waals surface area (Å²) in [5, 5.41) is 6.29. The number of carbonyl (C=O) groups is 3. The lowest BCUT2D eigenvalue weighted by Gasteiger charge is -2.42. The van der Waals surface area contributed by atoms with Crippen LogP contribution in [0.1, 0.15) is 32.4 Å². The predicted octanol–water partition coefficient (Wildman–Crippen LogP) is 3.24. The van der Waals surface area contributed by atoms with Crippen LogP contribution in [0.4, 0.5) is 9.59 Å². The van der Waals surface area contributed by atoms with Gasteiger partial charge in [-0.3, -0.25) is 9.80 Å². The number of benzene rings is 1. The highest BCUT2D eigenvalue weighted by molar-refractivity contribution is 6.42. The largest absolute Gasteiger partial charge is 0.463 e. The van der Waals surface area contributed by atoms with Crippen molar-refractivity contribution < 1.29 is 19.1 Å². The molecule has 2 N–H and O–H groups in total. The first-order valence-electron chi connectivity index (χ1n) is 11.3. The second-order valence-corrected chi connectivity index (χ2v) is 9.06. The van der Waals surface area contributed by atoms with Crippen molar-refractivity contribution in [3.05, 3.63) is 45.1 Å². The number of nitrogens with zero attached hydrogens (tertiary/aromatic N) is 3. The van der Waals surface area contributed by atoms with Gasteiger partial charge in [0.1, 0.15) is 0 Å². The van der Waals surface area contributed by atoms with Crippen molar-refractivity contribution in [2.24, 2.45) is 0 Å². The van der Waals surface area contributed by atoms with Gasteiger partial charge in [-0.1, -0.05) is 35.3 Å². The first kappa shape index (κ1) is 26.1. The molecule has 4 amide bonds. The minimum absolute atomic E-state index is 0.0344. The van der Waals surface area contributed by atoms with Gasteiger partial charge in [0.25, 0.3) is 0 Å². The molecule has 0 unspecified atom stereocenters. The lowest BCUT2D eigenvalue weighted by molar-refractivity contribution is -0.139. The van der Waals surface area contributed by atoms with Crippen LogP contribution < -0.4 is 10.6 Å². The molecule has 0 saturated carbocycles. The topological polar surface area (TPSA) is 94.2 Å². The summed E-state index contributed by atoms with van der Waals surface area (Å²) in [4.78, 5) is 43.7. The standard InChI is InChI=1S/C23H31Cl2N5O4/c1-5-26-22(32)30-11-10-29(12-14(30)3)13-17-18(21(31)34-6-2)20(27-23(33)28(17)4)15-8-7-9-16(24)19(15)25/h7-9,14,20H,5-6,10-13H2,1-4H3,(H,26,32)(H,27,33)/t14-,20-/m0/s1. The maximum atomic E-state index is 13.1. The van der Waals surface area contributed by atoms with Crippen LogP contribution in [0.5, 0.6) is 0 Å². The second-order valence-electron chi connectivity index (χ2n) is 8.28. The van der Waals surface area contributed by atoms with Crippen molar-refractivity contribution in [2.45, 2.75) is 32.9 Å². The Morgan fingerprint density at radius 2 is 1.97 bits per heavy atom. The number of esters is 1. The molecule has 2 aliphatic heterocycles. The second kappa shape index (κ2) is 11.3. The van der Waals surface area contributed by atoms with E-state index in [0.717, 1.165) is 0 Å². The number of carbonyl (C=O) groups excluding carboxylic acids is 3. The van der Waals surface area contributed by atoms with Crippen LogP contribution in [-0.2, 0) is 9.53 Å². The van der Waals surface area contributed by atoms with Crippen LogP contribution in [0.3, 0.4) is 0 Å². The molecule has 11 heteroatoms. The summed E-state index contributed by atoms with van der Waals surface area (Å²) in [5.74, 6) is -0.528. The van der Waals surface area contributed by atoms with E-state index in [2.05, 4.69) is 15.5 Å². The Hall–Kier alpha value is -2.49. The minimum atomic E-state index is -0.807. The number of piperazine rings is 1. The van der Waals surface area contributed by atoms with E-state index in [9.17, 15) is 14.4 Å². The lowest BCUT2D eigenvalue weighted by Crippen LogP contribution is -2.57. The highest BCUT2D eigenvalue weighted by Crippen LogP contribution is 2.37. The summed E-state index contributed by atoms with van der Waals surface area (Å²) < 4.78 is 5.37. The SMILES string of the molecule is CCNC(=O)N1CCN(CC2=C(C(=O)OCC)[C@H](c3cccc(Cl)c3Cl)NC(=O)N2C)C[C@@H]1C. The van der Waals surface area contributed by atoms with Crippen LogP contribution in [0, 0.1) is 0 Å². The van der Waals surface area contributed by atoms with Gasteiger partial charge in [0.2, 0.25) is 0 Å². The first-order chi connectivity index (χ1) is 16.2. The Balaban J connectivity index is 1.97. The fourth-order valence-electron chi connectivity index (χ4n) is 4.32. The number of hydrogen-bond donors (Lipinski definition) is 2. The normalized spacial score (nSPS) is 21.4. The monoisotopic (exact) mass is 511 g/mol. The molecule has 2 aliphatic rings. The molecule has 2 heterocycles. The van der Waals surface area contributed by atoms with Crippen LogP contribution in [0.2, 0.25) is 10.0 Å². The summed E-state index contributed by atoms with van der Waals surface area (Å²) in [7, 11) is 1.62. The maximum Gasteiger partial charge on any atom is 0.338 e. The summed E-state index contributed by atoms with van der Waals surface area (Å²) >= 11 is 12.7. The molecule has 3 rings (SSSR count). The predicted molar refractivity (Wildman–Crippen MR) is 131 cm³/mol. The zero-order chi connectivity index (χ0) is 25.0. The van der Waals surface area contributed by atoms with Crippen molar-refractivity contribution in [2.75, 3.05) is 46.4 Å². The average molecular weight is 512 g/mol. The molecule has 0 aliphatic carbocycles. The van der Waals surface area contributed by atoms with E-state index in [1.165, 1.54) is 4.90 Å². The van der Waals surface area contributed by atoms with Crippen molar-refractivity contribution in [3.8, 4) is 0 Å². The van der Waals surface area contributed by atoms with Crippen LogP contribution >= 0.6 is 23.2 Å². The molecular weight excluding hydrogens is 481 g/mol. The zero-order valence-corrected chi connectivity index (χ0v) is 21.4. The number of nitrogens with one attached hydrogen (secondary N) is 2. The number of hydrogen-bond acceptors (Lipinski definition) is 5. The summed E-state index contributed by atoms with van der Waals surface area (Å²) in [6, 6.07) is 3.80. The Kier molecular flexibility index (Phi) is 8.67. The molecule has 1 aromatic carbocycles. The van der Waals surface area contributed by atoms with Gasteiger partial charge < -0.3 is 20.3 Å². The third-order valence-electron chi connectivity index (χ3n) is 6.04. The fourth-order valence-corrected chi connectivity index (χ4v) is 4.73. The third kappa shape index (κ3) is 5.42. The van der Waals surface area contributed by atoms with Crippen molar-refractivity contribution in [1.29, 1.82) is 0 Å². The minimum Gasteiger partial charge on any atom is -0.463 e. The van der Waals surface area contributed by atoms with E-state index >= 15 is 0 Å². The number of amides is 4. The number of rotatable bonds is 6. The Labute approximate surface area is 210 Å². The number of likely N-dealkylation sites (N-methyl/N-ethyl adjacent to an activating group) is 1. The molecular formula is C23H31Cl2N5O4. The molecule has 0 radical (unpaired) electrons. The maximum absolute atomic E-state index is 13.1. The van der Waals surface area contributed by atoms with E-state index in [-0.39, 0.29) is 29.7 Å². The number of halogens is 2. The molecule has 9 nitrogen and oxygen atoms in total. The van der Waals surface area contributed by atoms with Crippen LogP contribution in [-0.4, -0.2) is 85.2 Å². The molecule has 0 aromatic heterocycles. The molecule has 1 fully saturated rings. The third-order valence-corrected chi connectivity index (χ3v) is 6.87. The first-order valence-corrected chi connectivity index (χ1v) is 12.1. The smallest absolute Gasteiger partial charge is 0.338 e. The number of urea groups is 2. The molecule has 1 aromatic rings.